The second-order valence-electron chi connectivity index (χ2n) is 7.28. The predicted molar refractivity (Wildman–Crippen MR) is 115 cm³/mol. The third-order valence-corrected chi connectivity index (χ3v) is 4.60. The smallest absolute Gasteiger partial charge is 0.329 e. The summed E-state index contributed by atoms with van der Waals surface area (Å²) in [5.74, 6) is -1.45. The van der Waals surface area contributed by atoms with Crippen molar-refractivity contribution < 1.29 is 33.0 Å². The molecular weight excluding hydrogens is 419 g/mol. The van der Waals surface area contributed by atoms with Crippen LogP contribution >= 0.6 is 0 Å². The zero-order chi connectivity index (χ0) is 23.7. The van der Waals surface area contributed by atoms with E-state index in [9.17, 15) is 18.8 Å². The average molecular weight is 446 g/mol. The van der Waals surface area contributed by atoms with Crippen LogP contribution in [0.4, 0.5) is 4.39 Å². The molecule has 0 saturated heterocycles. The Morgan fingerprint density at radius 3 is 2.22 bits per heavy atom. The highest BCUT2D eigenvalue weighted by molar-refractivity contribution is 5.97. The topological polar surface area (TPSA) is 103 Å². The third kappa shape index (κ3) is 6.97. The van der Waals surface area contributed by atoms with E-state index in [2.05, 4.69) is 10.6 Å². The number of carbonyl (C=O) groups excluding carboxylic acids is 3. The van der Waals surface area contributed by atoms with Gasteiger partial charge < -0.3 is 24.8 Å². The van der Waals surface area contributed by atoms with Crippen molar-refractivity contribution in [2.24, 2.45) is 5.92 Å². The molecule has 2 rings (SSSR count). The summed E-state index contributed by atoms with van der Waals surface area (Å²) >= 11 is 0. The first-order chi connectivity index (χ1) is 15.2. The Bertz CT molecular complexity index is 946. The van der Waals surface area contributed by atoms with Crippen molar-refractivity contribution in [1.29, 1.82) is 0 Å². The van der Waals surface area contributed by atoms with Gasteiger partial charge in [-0.05, 0) is 47.9 Å². The zero-order valence-electron chi connectivity index (χ0n) is 18.4. The summed E-state index contributed by atoms with van der Waals surface area (Å²) in [6, 6.07) is 9.19. The number of rotatable bonds is 10. The molecule has 0 aromatic heterocycles. The molecule has 172 valence electrons. The van der Waals surface area contributed by atoms with Crippen molar-refractivity contribution >= 4 is 17.8 Å². The molecule has 0 bridgehead atoms. The standard InChI is InChI=1S/C23H27FN2O6/c1-14(2)21(26-22(28)16-6-8-17(24)9-7-16)23(29)32-13-20(27)25-12-15-5-10-18(30-3)19(11-15)31-4/h5-11,14,21H,12-13H2,1-4H3,(H,25,27)(H,26,28)/t21-/m1/s1. The molecule has 1 atom stereocenters. The summed E-state index contributed by atoms with van der Waals surface area (Å²) in [7, 11) is 3.04. The van der Waals surface area contributed by atoms with Gasteiger partial charge in [0.25, 0.3) is 11.8 Å². The molecule has 0 unspecified atom stereocenters. The first-order valence-electron chi connectivity index (χ1n) is 9.95. The second kappa shape index (κ2) is 11.7. The normalized spacial score (nSPS) is 11.4. The predicted octanol–water partition coefficient (Wildman–Crippen LogP) is 2.46. The number of carbonyl (C=O) groups is 3. The van der Waals surface area contributed by atoms with Crippen LogP contribution in [0, 0.1) is 11.7 Å². The minimum atomic E-state index is -0.966. The van der Waals surface area contributed by atoms with Crippen molar-refractivity contribution in [2.45, 2.75) is 26.4 Å². The Labute approximate surface area is 186 Å². The maximum atomic E-state index is 13.0. The van der Waals surface area contributed by atoms with Crippen molar-refractivity contribution in [3.05, 3.63) is 59.4 Å². The highest BCUT2D eigenvalue weighted by Gasteiger charge is 2.26. The quantitative estimate of drug-likeness (QED) is 0.544. The number of methoxy groups -OCH3 is 2. The zero-order valence-corrected chi connectivity index (χ0v) is 18.4. The van der Waals surface area contributed by atoms with Crippen LogP contribution < -0.4 is 20.1 Å². The largest absolute Gasteiger partial charge is 0.493 e. The molecule has 2 N–H and O–H groups in total. The van der Waals surface area contributed by atoms with Crippen LogP contribution in [0.15, 0.2) is 42.5 Å². The van der Waals surface area contributed by atoms with Gasteiger partial charge in [0.1, 0.15) is 11.9 Å². The first kappa shape index (κ1) is 24.6. The van der Waals surface area contributed by atoms with Gasteiger partial charge in [0, 0.05) is 12.1 Å². The number of hydrogen-bond acceptors (Lipinski definition) is 6. The van der Waals surface area contributed by atoms with E-state index >= 15 is 0 Å². The first-order valence-corrected chi connectivity index (χ1v) is 9.95. The van der Waals surface area contributed by atoms with E-state index in [0.717, 1.165) is 17.7 Å². The van der Waals surface area contributed by atoms with E-state index in [4.69, 9.17) is 14.2 Å². The van der Waals surface area contributed by atoms with Gasteiger partial charge >= 0.3 is 5.97 Å². The van der Waals surface area contributed by atoms with Crippen LogP contribution in [0.25, 0.3) is 0 Å². The molecule has 9 heteroatoms. The third-order valence-electron chi connectivity index (χ3n) is 4.60. The fourth-order valence-corrected chi connectivity index (χ4v) is 2.79. The van der Waals surface area contributed by atoms with E-state index in [1.54, 1.807) is 32.0 Å². The molecule has 0 spiro atoms. The summed E-state index contributed by atoms with van der Waals surface area (Å²) < 4.78 is 28.5. The molecule has 2 aromatic rings. The minimum Gasteiger partial charge on any atom is -0.493 e. The molecule has 0 aliphatic carbocycles. The average Bonchev–Trinajstić information content (AvgIpc) is 2.79. The van der Waals surface area contributed by atoms with Crippen LogP contribution in [-0.2, 0) is 20.9 Å². The number of amides is 2. The lowest BCUT2D eigenvalue weighted by molar-refractivity contribution is -0.151. The second-order valence-corrected chi connectivity index (χ2v) is 7.28. The molecular formula is C23H27FN2O6. The van der Waals surface area contributed by atoms with Gasteiger partial charge in [0.15, 0.2) is 18.1 Å². The van der Waals surface area contributed by atoms with Crippen molar-refractivity contribution in [1.82, 2.24) is 10.6 Å². The number of halogens is 1. The SMILES string of the molecule is COc1ccc(CNC(=O)COC(=O)[C@H](NC(=O)c2ccc(F)cc2)C(C)C)cc1OC. The van der Waals surface area contributed by atoms with Crippen LogP contribution in [-0.4, -0.2) is 44.7 Å². The van der Waals surface area contributed by atoms with Gasteiger partial charge in [-0.3, -0.25) is 9.59 Å². The van der Waals surface area contributed by atoms with Gasteiger partial charge in [-0.2, -0.15) is 0 Å². The van der Waals surface area contributed by atoms with E-state index in [0.29, 0.717) is 11.5 Å². The van der Waals surface area contributed by atoms with Crippen molar-refractivity contribution in [3.8, 4) is 11.5 Å². The number of hydrogen-bond donors (Lipinski definition) is 2. The summed E-state index contributed by atoms with van der Waals surface area (Å²) in [6.07, 6.45) is 0. The molecule has 32 heavy (non-hydrogen) atoms. The fourth-order valence-electron chi connectivity index (χ4n) is 2.79. The molecule has 0 radical (unpaired) electrons. The molecule has 0 fully saturated rings. The summed E-state index contributed by atoms with van der Waals surface area (Å²) in [5.41, 5.74) is 0.978. The number of nitrogens with one attached hydrogen (secondary N) is 2. The molecule has 0 saturated carbocycles. The molecule has 0 aliphatic heterocycles. The molecule has 8 nitrogen and oxygen atoms in total. The lowest BCUT2D eigenvalue weighted by Gasteiger charge is -2.20. The van der Waals surface area contributed by atoms with E-state index < -0.39 is 36.2 Å². The maximum Gasteiger partial charge on any atom is 0.329 e. The molecule has 2 aromatic carbocycles. The lowest BCUT2D eigenvalue weighted by Crippen LogP contribution is -2.46. The molecule has 0 aliphatic rings. The number of esters is 1. The highest BCUT2D eigenvalue weighted by atomic mass is 19.1. The summed E-state index contributed by atoms with van der Waals surface area (Å²) in [6.45, 7) is 3.16. The van der Waals surface area contributed by atoms with Gasteiger partial charge in [0.05, 0.1) is 14.2 Å². The fraction of sp³-hybridized carbons (Fsp3) is 0.348. The number of ether oxygens (including phenoxy) is 3. The molecule has 2 amide bonds. The molecule has 0 heterocycles. The van der Waals surface area contributed by atoms with Crippen molar-refractivity contribution in [2.75, 3.05) is 20.8 Å². The van der Waals surface area contributed by atoms with Gasteiger partial charge in [-0.25, -0.2) is 9.18 Å². The van der Waals surface area contributed by atoms with Crippen LogP contribution in [0.2, 0.25) is 0 Å². The van der Waals surface area contributed by atoms with E-state index in [-0.39, 0.29) is 18.0 Å². The van der Waals surface area contributed by atoms with E-state index in [1.807, 2.05) is 0 Å². The highest BCUT2D eigenvalue weighted by Crippen LogP contribution is 2.27. The monoisotopic (exact) mass is 446 g/mol. The Morgan fingerprint density at radius 2 is 1.62 bits per heavy atom. The lowest BCUT2D eigenvalue weighted by atomic mass is 10.0. The van der Waals surface area contributed by atoms with E-state index in [1.165, 1.54) is 26.4 Å². The Balaban J connectivity index is 1.87. The Morgan fingerprint density at radius 1 is 0.969 bits per heavy atom. The number of benzene rings is 2. The van der Waals surface area contributed by atoms with Crippen LogP contribution in [0.1, 0.15) is 29.8 Å². The van der Waals surface area contributed by atoms with Crippen molar-refractivity contribution in [3.63, 3.8) is 0 Å². The minimum absolute atomic E-state index is 0.200. The summed E-state index contributed by atoms with van der Waals surface area (Å²) in [4.78, 5) is 36.9. The van der Waals surface area contributed by atoms with Crippen LogP contribution in [0.3, 0.4) is 0 Å². The van der Waals surface area contributed by atoms with Gasteiger partial charge in [0.2, 0.25) is 0 Å². The maximum absolute atomic E-state index is 13.0. The van der Waals surface area contributed by atoms with Gasteiger partial charge in [-0.1, -0.05) is 19.9 Å². The summed E-state index contributed by atoms with van der Waals surface area (Å²) in [5, 5.41) is 5.21. The Kier molecular flexibility index (Phi) is 9.00. The van der Waals surface area contributed by atoms with Crippen LogP contribution in [0.5, 0.6) is 11.5 Å². The Hall–Kier alpha value is -3.62. The van der Waals surface area contributed by atoms with Gasteiger partial charge in [-0.15, -0.1) is 0 Å².